The number of carbonyl (C=O) groups excluding carboxylic acids is 1. The zero-order chi connectivity index (χ0) is 11.1. The van der Waals surface area contributed by atoms with Gasteiger partial charge in [-0.25, -0.2) is 0 Å². The lowest BCUT2D eigenvalue weighted by atomic mass is 10.1. The van der Waals surface area contributed by atoms with Gasteiger partial charge in [-0.1, -0.05) is 24.0 Å². The summed E-state index contributed by atoms with van der Waals surface area (Å²) in [5.74, 6) is 5.79. The zero-order valence-corrected chi connectivity index (χ0v) is 8.78. The third kappa shape index (κ3) is 3.70. The van der Waals surface area contributed by atoms with E-state index in [4.69, 9.17) is 4.74 Å². The molecule has 0 saturated carbocycles. The molecule has 0 bridgehead atoms. The molecule has 0 N–H and O–H groups in total. The average molecular weight is 200 g/mol. The van der Waals surface area contributed by atoms with Gasteiger partial charge in [0, 0.05) is 17.2 Å². The van der Waals surface area contributed by atoms with Gasteiger partial charge in [-0.05, 0) is 19.1 Å². The van der Waals surface area contributed by atoms with E-state index in [1.54, 1.807) is 32.2 Å². The van der Waals surface area contributed by atoms with Crippen molar-refractivity contribution in [2.75, 3.05) is 7.11 Å². The van der Waals surface area contributed by atoms with Crippen molar-refractivity contribution < 1.29 is 9.53 Å². The van der Waals surface area contributed by atoms with Crippen LogP contribution in [0.1, 0.15) is 22.8 Å². The van der Waals surface area contributed by atoms with Crippen LogP contribution < -0.4 is 0 Å². The van der Waals surface area contributed by atoms with E-state index in [2.05, 4.69) is 11.8 Å². The molecule has 0 radical (unpaired) electrons. The summed E-state index contributed by atoms with van der Waals surface area (Å²) in [6.45, 7) is 1.54. The van der Waals surface area contributed by atoms with Gasteiger partial charge in [0.1, 0.15) is 0 Å². The van der Waals surface area contributed by atoms with Gasteiger partial charge < -0.3 is 4.74 Å². The Morgan fingerprint density at radius 1 is 1.33 bits per heavy atom. The first-order valence-electron chi connectivity index (χ1n) is 4.54. The van der Waals surface area contributed by atoms with Gasteiger partial charge in [0.15, 0.2) is 5.78 Å². The Bertz CT molecular complexity index is 416. The second kappa shape index (κ2) is 5.66. The number of methoxy groups -OCH3 is 1. The Hall–Kier alpha value is -2.01. The number of benzene rings is 1. The van der Waals surface area contributed by atoms with Crippen molar-refractivity contribution in [1.29, 1.82) is 0 Å². The summed E-state index contributed by atoms with van der Waals surface area (Å²) >= 11 is 0. The minimum atomic E-state index is 0.0637. The van der Waals surface area contributed by atoms with E-state index >= 15 is 0 Å². The van der Waals surface area contributed by atoms with Crippen molar-refractivity contribution in [2.24, 2.45) is 0 Å². The lowest BCUT2D eigenvalue weighted by molar-refractivity contribution is 0.101. The molecule has 76 valence electrons. The first kappa shape index (κ1) is 11.1. The van der Waals surface area contributed by atoms with Gasteiger partial charge in [-0.2, -0.15) is 0 Å². The molecule has 2 nitrogen and oxygen atoms in total. The number of Topliss-reactive ketones (excluding diaryl/α,β-unsaturated/α-hetero) is 1. The molecular formula is C13H12O2. The topological polar surface area (TPSA) is 26.3 Å². The minimum absolute atomic E-state index is 0.0637. The molecule has 0 aliphatic carbocycles. The molecule has 1 rings (SSSR count). The highest BCUT2D eigenvalue weighted by Gasteiger charge is 1.96. The van der Waals surface area contributed by atoms with Crippen LogP contribution in [0.15, 0.2) is 36.6 Å². The fourth-order valence-electron chi connectivity index (χ4n) is 1.02. The van der Waals surface area contributed by atoms with Crippen LogP contribution in [-0.2, 0) is 4.74 Å². The molecule has 0 heterocycles. The number of carbonyl (C=O) groups is 1. The third-order valence-electron chi connectivity index (χ3n) is 1.80. The Labute approximate surface area is 89.6 Å². The largest absolute Gasteiger partial charge is 0.504 e. The number of hydrogen-bond donors (Lipinski definition) is 0. The number of allylic oxidation sites excluding steroid dienone is 1. The smallest absolute Gasteiger partial charge is 0.159 e. The fourth-order valence-corrected chi connectivity index (χ4v) is 1.02. The Balaban J connectivity index is 2.75. The second-order valence-electron chi connectivity index (χ2n) is 2.94. The van der Waals surface area contributed by atoms with Crippen LogP contribution in [-0.4, -0.2) is 12.9 Å². The Kier molecular flexibility index (Phi) is 4.18. The first-order chi connectivity index (χ1) is 7.24. The van der Waals surface area contributed by atoms with Gasteiger partial charge in [-0.3, -0.25) is 4.79 Å². The lowest BCUT2D eigenvalue weighted by Gasteiger charge is -1.94. The van der Waals surface area contributed by atoms with Crippen LogP contribution in [0.3, 0.4) is 0 Å². The third-order valence-corrected chi connectivity index (χ3v) is 1.80. The highest BCUT2D eigenvalue weighted by atomic mass is 16.5. The SMILES string of the molecule is CO/C=C/C#Cc1ccc(C(C)=O)cc1. The monoisotopic (exact) mass is 200 g/mol. The number of ether oxygens (including phenoxy) is 1. The predicted octanol–water partition coefficient (Wildman–Crippen LogP) is 2.40. The zero-order valence-electron chi connectivity index (χ0n) is 8.78. The molecular weight excluding hydrogens is 188 g/mol. The first-order valence-corrected chi connectivity index (χ1v) is 4.54. The maximum atomic E-state index is 11.0. The molecule has 0 spiro atoms. The van der Waals surface area contributed by atoms with Crippen LogP contribution in [0.25, 0.3) is 0 Å². The van der Waals surface area contributed by atoms with E-state index in [9.17, 15) is 4.79 Å². The highest BCUT2D eigenvalue weighted by Crippen LogP contribution is 2.03. The molecule has 0 aromatic heterocycles. The summed E-state index contributed by atoms with van der Waals surface area (Å²) in [6, 6.07) is 7.19. The molecule has 15 heavy (non-hydrogen) atoms. The fraction of sp³-hybridized carbons (Fsp3) is 0.154. The summed E-state index contributed by atoms with van der Waals surface area (Å²) in [5, 5.41) is 0. The second-order valence-corrected chi connectivity index (χ2v) is 2.94. The molecule has 2 heteroatoms. The maximum Gasteiger partial charge on any atom is 0.159 e. The summed E-state index contributed by atoms with van der Waals surface area (Å²) < 4.78 is 4.70. The van der Waals surface area contributed by atoms with Crippen molar-refractivity contribution in [3.05, 3.63) is 47.7 Å². The molecule has 0 atom stereocenters. The Morgan fingerprint density at radius 2 is 2.00 bits per heavy atom. The summed E-state index contributed by atoms with van der Waals surface area (Å²) in [7, 11) is 1.57. The van der Waals surface area contributed by atoms with Crippen molar-refractivity contribution in [2.45, 2.75) is 6.92 Å². The quantitative estimate of drug-likeness (QED) is 0.416. The van der Waals surface area contributed by atoms with Crippen LogP contribution in [0.4, 0.5) is 0 Å². The van der Waals surface area contributed by atoms with E-state index in [0.717, 1.165) is 5.56 Å². The maximum absolute atomic E-state index is 11.0. The predicted molar refractivity (Wildman–Crippen MR) is 59.5 cm³/mol. The van der Waals surface area contributed by atoms with Gasteiger partial charge in [-0.15, -0.1) is 0 Å². The van der Waals surface area contributed by atoms with E-state index < -0.39 is 0 Å². The van der Waals surface area contributed by atoms with E-state index in [1.807, 2.05) is 12.1 Å². The van der Waals surface area contributed by atoms with E-state index in [1.165, 1.54) is 6.26 Å². The number of hydrogen-bond acceptors (Lipinski definition) is 2. The lowest BCUT2D eigenvalue weighted by Crippen LogP contribution is -1.90. The molecule has 0 amide bonds. The molecule has 0 fully saturated rings. The summed E-state index contributed by atoms with van der Waals surface area (Å²) in [4.78, 5) is 11.0. The molecule has 1 aromatic carbocycles. The van der Waals surface area contributed by atoms with Gasteiger partial charge in [0.25, 0.3) is 0 Å². The molecule has 1 aromatic rings. The summed E-state index contributed by atoms with van der Waals surface area (Å²) in [6.07, 6.45) is 3.13. The molecule has 0 aliphatic heterocycles. The van der Waals surface area contributed by atoms with E-state index in [-0.39, 0.29) is 5.78 Å². The molecule has 0 aliphatic rings. The summed E-state index contributed by atoms with van der Waals surface area (Å²) in [5.41, 5.74) is 1.58. The van der Waals surface area contributed by atoms with Crippen molar-refractivity contribution in [3.8, 4) is 11.8 Å². The number of rotatable bonds is 2. The molecule has 0 unspecified atom stereocenters. The van der Waals surface area contributed by atoms with Crippen LogP contribution in [0.2, 0.25) is 0 Å². The standard InChI is InChI=1S/C13H12O2/c1-11(14)13-8-6-12(7-9-13)5-3-4-10-15-2/h4,6-10H,1-2H3/b10-4+. The normalized spacial score (nSPS) is 9.47. The van der Waals surface area contributed by atoms with E-state index in [0.29, 0.717) is 5.56 Å². The number of ketones is 1. The van der Waals surface area contributed by atoms with Crippen molar-refractivity contribution >= 4 is 5.78 Å². The van der Waals surface area contributed by atoms with Crippen LogP contribution in [0.5, 0.6) is 0 Å². The highest BCUT2D eigenvalue weighted by molar-refractivity contribution is 5.94. The minimum Gasteiger partial charge on any atom is -0.504 e. The van der Waals surface area contributed by atoms with Crippen molar-refractivity contribution in [1.82, 2.24) is 0 Å². The van der Waals surface area contributed by atoms with Crippen LogP contribution in [0, 0.1) is 11.8 Å². The van der Waals surface area contributed by atoms with Gasteiger partial charge in [0.2, 0.25) is 0 Å². The van der Waals surface area contributed by atoms with Gasteiger partial charge in [0.05, 0.1) is 13.4 Å². The average Bonchev–Trinajstić information content (AvgIpc) is 2.25. The molecule has 0 saturated heterocycles. The Morgan fingerprint density at radius 3 is 2.53 bits per heavy atom. The van der Waals surface area contributed by atoms with Gasteiger partial charge >= 0.3 is 0 Å². The van der Waals surface area contributed by atoms with Crippen molar-refractivity contribution in [3.63, 3.8) is 0 Å². The van der Waals surface area contributed by atoms with Crippen LogP contribution >= 0.6 is 0 Å².